The number of thiophene rings is 1. The molecule has 4 nitrogen and oxygen atoms in total. The zero-order valence-electron chi connectivity index (χ0n) is 8.69. The van der Waals surface area contributed by atoms with Gasteiger partial charge in [-0.2, -0.15) is 0 Å². The molecular weight excluding hydrogens is 226 g/mol. The van der Waals surface area contributed by atoms with Crippen molar-refractivity contribution in [3.8, 4) is 11.5 Å². The number of amides is 1. The van der Waals surface area contributed by atoms with E-state index in [1.807, 2.05) is 5.38 Å². The Kier molecular flexibility index (Phi) is 2.70. The first-order chi connectivity index (χ1) is 7.61. The molecule has 1 aromatic carbocycles. The summed E-state index contributed by atoms with van der Waals surface area (Å²) in [7, 11) is 1.50. The van der Waals surface area contributed by atoms with Gasteiger partial charge < -0.3 is 15.6 Å². The lowest BCUT2D eigenvalue weighted by atomic mass is 10.1. The van der Waals surface area contributed by atoms with Crippen LogP contribution in [0.4, 0.5) is 0 Å². The lowest BCUT2D eigenvalue weighted by molar-refractivity contribution is -0.117. The number of ether oxygens (including phenoxy) is 1. The van der Waals surface area contributed by atoms with E-state index in [1.165, 1.54) is 18.4 Å². The number of phenols is 1. The SMILES string of the molecule is COc1cc2scc(CC(N)=O)c2cc1O. The van der Waals surface area contributed by atoms with Gasteiger partial charge in [0.1, 0.15) is 0 Å². The molecule has 1 amide bonds. The normalized spacial score (nSPS) is 10.6. The van der Waals surface area contributed by atoms with Crippen LogP contribution in [0.1, 0.15) is 5.56 Å². The molecule has 3 N–H and O–H groups in total. The predicted octanol–water partition coefficient (Wildman–Crippen LogP) is 1.64. The third kappa shape index (κ3) is 1.81. The Morgan fingerprint density at radius 2 is 2.31 bits per heavy atom. The van der Waals surface area contributed by atoms with Crippen molar-refractivity contribution in [1.82, 2.24) is 0 Å². The van der Waals surface area contributed by atoms with Gasteiger partial charge >= 0.3 is 0 Å². The molecule has 0 spiro atoms. The molecule has 0 fully saturated rings. The number of primary amides is 1. The van der Waals surface area contributed by atoms with Crippen LogP contribution >= 0.6 is 11.3 Å². The summed E-state index contributed by atoms with van der Waals surface area (Å²) in [6.07, 6.45) is 0.186. The molecule has 0 aliphatic rings. The van der Waals surface area contributed by atoms with Crippen LogP contribution in [-0.2, 0) is 11.2 Å². The van der Waals surface area contributed by atoms with Gasteiger partial charge in [0.05, 0.1) is 13.5 Å². The van der Waals surface area contributed by atoms with Gasteiger partial charge in [-0.15, -0.1) is 11.3 Å². The smallest absolute Gasteiger partial charge is 0.221 e. The van der Waals surface area contributed by atoms with Gasteiger partial charge in [0.2, 0.25) is 5.91 Å². The van der Waals surface area contributed by atoms with Gasteiger partial charge in [-0.05, 0) is 17.0 Å². The number of nitrogens with two attached hydrogens (primary N) is 1. The fourth-order valence-electron chi connectivity index (χ4n) is 1.58. The van der Waals surface area contributed by atoms with Crippen LogP contribution in [0, 0.1) is 0 Å². The minimum atomic E-state index is -0.380. The van der Waals surface area contributed by atoms with Crippen LogP contribution in [0.15, 0.2) is 17.5 Å². The first-order valence-corrected chi connectivity index (χ1v) is 5.55. The largest absolute Gasteiger partial charge is 0.504 e. The topological polar surface area (TPSA) is 72.5 Å². The van der Waals surface area contributed by atoms with Gasteiger partial charge in [0.25, 0.3) is 0 Å². The molecular formula is C11H11NO3S. The average molecular weight is 237 g/mol. The molecule has 0 aliphatic carbocycles. The van der Waals surface area contributed by atoms with E-state index in [4.69, 9.17) is 10.5 Å². The van der Waals surface area contributed by atoms with Crippen LogP contribution in [0.3, 0.4) is 0 Å². The molecule has 0 aliphatic heterocycles. The second-order valence-electron chi connectivity index (χ2n) is 3.42. The molecule has 16 heavy (non-hydrogen) atoms. The minimum Gasteiger partial charge on any atom is -0.504 e. The predicted molar refractivity (Wildman–Crippen MR) is 62.9 cm³/mol. The summed E-state index contributed by atoms with van der Waals surface area (Å²) >= 11 is 1.50. The first-order valence-electron chi connectivity index (χ1n) is 4.67. The highest BCUT2D eigenvalue weighted by atomic mass is 32.1. The van der Waals surface area contributed by atoms with Crippen molar-refractivity contribution in [3.63, 3.8) is 0 Å². The van der Waals surface area contributed by atoms with Gasteiger partial charge in [-0.3, -0.25) is 4.79 Å². The summed E-state index contributed by atoms with van der Waals surface area (Å²) in [6.45, 7) is 0. The summed E-state index contributed by atoms with van der Waals surface area (Å²) in [5.74, 6) is 0.120. The molecule has 2 rings (SSSR count). The maximum absolute atomic E-state index is 10.9. The molecule has 5 heteroatoms. The zero-order chi connectivity index (χ0) is 11.7. The van der Waals surface area contributed by atoms with E-state index in [0.29, 0.717) is 5.75 Å². The number of aromatic hydroxyl groups is 1. The fourth-order valence-corrected chi connectivity index (χ4v) is 2.56. The number of carbonyl (C=O) groups is 1. The molecule has 2 aromatic rings. The Morgan fingerprint density at radius 1 is 1.56 bits per heavy atom. The monoisotopic (exact) mass is 237 g/mol. The van der Waals surface area contributed by atoms with Crippen molar-refractivity contribution in [3.05, 3.63) is 23.1 Å². The summed E-state index contributed by atoms with van der Waals surface area (Å²) in [5.41, 5.74) is 5.99. The van der Waals surface area contributed by atoms with Crippen LogP contribution in [-0.4, -0.2) is 18.1 Å². The minimum absolute atomic E-state index is 0.0686. The number of hydrogen-bond acceptors (Lipinski definition) is 4. The highest BCUT2D eigenvalue weighted by Crippen LogP contribution is 2.36. The van der Waals surface area contributed by atoms with Crippen LogP contribution in [0.5, 0.6) is 11.5 Å². The number of methoxy groups -OCH3 is 1. The average Bonchev–Trinajstić information content (AvgIpc) is 2.59. The van der Waals surface area contributed by atoms with E-state index >= 15 is 0 Å². The Labute approximate surface area is 96.3 Å². The van der Waals surface area contributed by atoms with Crippen molar-refractivity contribution in [1.29, 1.82) is 0 Å². The Bertz CT molecular complexity index is 547. The van der Waals surface area contributed by atoms with Gasteiger partial charge in [0.15, 0.2) is 11.5 Å². The quantitative estimate of drug-likeness (QED) is 0.852. The Hall–Kier alpha value is -1.75. The molecule has 0 saturated heterocycles. The van der Waals surface area contributed by atoms with Crippen molar-refractivity contribution in [2.24, 2.45) is 5.73 Å². The molecule has 0 unspecified atom stereocenters. The number of hydrogen-bond donors (Lipinski definition) is 2. The number of fused-ring (bicyclic) bond motifs is 1. The molecule has 1 heterocycles. The van der Waals surface area contributed by atoms with E-state index < -0.39 is 0 Å². The van der Waals surface area contributed by atoms with Gasteiger partial charge in [-0.25, -0.2) is 0 Å². The summed E-state index contributed by atoms with van der Waals surface area (Å²) in [4.78, 5) is 10.9. The molecule has 0 radical (unpaired) electrons. The molecule has 0 bridgehead atoms. The second-order valence-corrected chi connectivity index (χ2v) is 4.34. The maximum atomic E-state index is 10.9. The third-order valence-corrected chi connectivity index (χ3v) is 3.31. The lowest BCUT2D eigenvalue weighted by Crippen LogP contribution is -2.13. The molecule has 0 atom stereocenters. The van der Waals surface area contributed by atoms with Crippen LogP contribution in [0.2, 0.25) is 0 Å². The van der Waals surface area contributed by atoms with E-state index in [1.54, 1.807) is 12.1 Å². The van der Waals surface area contributed by atoms with E-state index in [2.05, 4.69) is 0 Å². The van der Waals surface area contributed by atoms with Gasteiger partial charge in [-0.1, -0.05) is 0 Å². The summed E-state index contributed by atoms with van der Waals surface area (Å²) < 4.78 is 5.97. The highest BCUT2D eigenvalue weighted by Gasteiger charge is 2.10. The van der Waals surface area contributed by atoms with E-state index in [-0.39, 0.29) is 18.1 Å². The zero-order valence-corrected chi connectivity index (χ0v) is 9.50. The standard InChI is InChI=1S/C11H11NO3S/c1-15-9-4-10-7(3-8(9)13)6(5-16-10)2-11(12)14/h3-5,13H,2H2,1H3,(H2,12,14). The number of phenolic OH excluding ortho intramolecular Hbond substituents is 1. The number of benzene rings is 1. The number of carbonyl (C=O) groups excluding carboxylic acids is 1. The molecule has 0 saturated carbocycles. The van der Waals surface area contributed by atoms with Crippen LogP contribution < -0.4 is 10.5 Å². The fraction of sp³-hybridized carbons (Fsp3) is 0.182. The van der Waals surface area contributed by atoms with Crippen molar-refractivity contribution in [2.45, 2.75) is 6.42 Å². The van der Waals surface area contributed by atoms with Gasteiger partial charge in [0, 0.05) is 16.2 Å². The molecule has 1 aromatic heterocycles. The first kappa shape index (κ1) is 10.8. The Balaban J connectivity index is 2.55. The summed E-state index contributed by atoms with van der Waals surface area (Å²) in [6, 6.07) is 3.35. The van der Waals surface area contributed by atoms with E-state index in [9.17, 15) is 9.90 Å². The van der Waals surface area contributed by atoms with Crippen molar-refractivity contribution < 1.29 is 14.6 Å². The highest BCUT2D eigenvalue weighted by molar-refractivity contribution is 7.17. The van der Waals surface area contributed by atoms with Crippen molar-refractivity contribution in [2.75, 3.05) is 7.11 Å². The third-order valence-electron chi connectivity index (χ3n) is 2.32. The maximum Gasteiger partial charge on any atom is 0.221 e. The molecule has 84 valence electrons. The second kappa shape index (κ2) is 4.02. The number of rotatable bonds is 3. The van der Waals surface area contributed by atoms with E-state index in [0.717, 1.165) is 15.6 Å². The van der Waals surface area contributed by atoms with Crippen molar-refractivity contribution >= 4 is 27.3 Å². The summed E-state index contributed by atoms with van der Waals surface area (Å²) in [5, 5.41) is 12.4. The Morgan fingerprint density at radius 3 is 2.94 bits per heavy atom. The van der Waals surface area contributed by atoms with Crippen LogP contribution in [0.25, 0.3) is 10.1 Å². The lowest BCUT2D eigenvalue weighted by Gasteiger charge is -2.03.